The number of nitrogens with zero attached hydrogens (tertiary/aromatic N) is 1. The smallest absolute Gasteiger partial charge is 0.348 e. The van der Waals surface area contributed by atoms with Crippen LogP contribution in [-0.2, 0) is 9.53 Å². The van der Waals surface area contributed by atoms with E-state index in [9.17, 15) is 19.5 Å². The first-order valence-corrected chi connectivity index (χ1v) is 13.0. The summed E-state index contributed by atoms with van der Waals surface area (Å²) in [5.41, 5.74) is -1.85. The number of amides is 1. The predicted molar refractivity (Wildman–Crippen MR) is 142 cm³/mol. The van der Waals surface area contributed by atoms with Gasteiger partial charge < -0.3 is 20.1 Å². The molecule has 0 unspecified atom stereocenters. The number of ketones is 1. The van der Waals surface area contributed by atoms with Crippen molar-refractivity contribution in [3.8, 4) is 11.8 Å². The van der Waals surface area contributed by atoms with Gasteiger partial charge in [0.15, 0.2) is 11.3 Å². The van der Waals surface area contributed by atoms with Gasteiger partial charge in [-0.05, 0) is 51.5 Å². The number of Topliss-reactive ketones (excluding diaryl/α,β-unsaturated/α-hetero) is 1. The molecule has 1 aliphatic rings. The summed E-state index contributed by atoms with van der Waals surface area (Å²) in [6, 6.07) is 6.00. The molecule has 36 heavy (non-hydrogen) atoms. The number of hydrogen-bond acceptors (Lipinski definition) is 6. The van der Waals surface area contributed by atoms with Crippen LogP contribution in [-0.4, -0.2) is 59.5 Å². The molecule has 0 saturated carbocycles. The number of hydrogen-bond donors (Lipinski definition) is 2. The zero-order valence-electron chi connectivity index (χ0n) is 20.5. The third kappa shape index (κ3) is 6.22. The molecule has 2 N–H and O–H groups in total. The monoisotopic (exact) mass is 550 g/mol. The topological polar surface area (TPSA) is 95.9 Å². The molecule has 2 aromatic rings. The zero-order chi connectivity index (χ0) is 26.7. The average Bonchev–Trinajstić information content (AvgIpc) is 3.23. The number of carbonyl (C=O) groups is 3. The van der Waals surface area contributed by atoms with Crippen molar-refractivity contribution in [2.75, 3.05) is 31.6 Å². The largest absolute Gasteiger partial charge is 0.477 e. The second-order valence-corrected chi connectivity index (χ2v) is 11.3. The van der Waals surface area contributed by atoms with E-state index in [-0.39, 0.29) is 33.0 Å². The molecule has 192 valence electrons. The van der Waals surface area contributed by atoms with Crippen LogP contribution in [0.5, 0.6) is 0 Å². The predicted octanol–water partition coefficient (Wildman–Crippen LogP) is 5.45. The van der Waals surface area contributed by atoms with Crippen LogP contribution >= 0.6 is 34.5 Å². The summed E-state index contributed by atoms with van der Waals surface area (Å²) >= 11 is 13.4. The minimum atomic E-state index is -1.81. The lowest BCUT2D eigenvalue weighted by Crippen LogP contribution is -2.60. The summed E-state index contributed by atoms with van der Waals surface area (Å²) < 4.78 is 5.37. The Hall–Kier alpha value is -2.57. The van der Waals surface area contributed by atoms with Gasteiger partial charge in [-0.25, -0.2) is 4.79 Å². The van der Waals surface area contributed by atoms with Gasteiger partial charge in [-0.2, -0.15) is 0 Å². The highest BCUT2D eigenvalue weighted by molar-refractivity contribution is 7.15. The van der Waals surface area contributed by atoms with Crippen LogP contribution in [0.25, 0.3) is 0 Å². The van der Waals surface area contributed by atoms with Crippen LogP contribution in [0.2, 0.25) is 10.0 Å². The molecule has 1 saturated heterocycles. The SMILES string of the molecule is CC[C@](Nc1cc(C#CC(C)(C)C)sc1C(=O)O)(C(=O)c1ccc(Cl)cc1Cl)C(=O)N1CCOCC1. The van der Waals surface area contributed by atoms with Crippen molar-refractivity contribution in [2.24, 2.45) is 5.41 Å². The molecular formula is C26H28Cl2N2O5S. The lowest BCUT2D eigenvalue weighted by atomic mass is 9.84. The molecular weight excluding hydrogens is 523 g/mol. The number of thiophene rings is 1. The molecule has 0 aliphatic carbocycles. The summed E-state index contributed by atoms with van der Waals surface area (Å²) in [6.45, 7) is 8.83. The van der Waals surface area contributed by atoms with Crippen molar-refractivity contribution < 1.29 is 24.2 Å². The van der Waals surface area contributed by atoms with E-state index >= 15 is 0 Å². The minimum Gasteiger partial charge on any atom is -0.477 e. The molecule has 10 heteroatoms. The first-order chi connectivity index (χ1) is 16.9. The fraction of sp³-hybridized carbons (Fsp3) is 0.423. The maximum absolute atomic E-state index is 14.0. The Morgan fingerprint density at radius 2 is 1.83 bits per heavy atom. The summed E-state index contributed by atoms with van der Waals surface area (Å²) in [7, 11) is 0. The Kier molecular flexibility index (Phi) is 8.73. The van der Waals surface area contributed by atoms with Crippen molar-refractivity contribution in [1.29, 1.82) is 0 Å². The standard InChI is InChI=1S/C26H28Cl2N2O5S/c1-5-26(24(34)30-10-12-35-13-11-30,22(31)18-7-6-16(27)14-19(18)28)29-20-15-17(8-9-25(2,3)4)36-21(20)23(32)33/h6-7,14-15,29H,5,10-13H2,1-4H3,(H,32,33)/t26-/m0/s1. The fourth-order valence-electron chi connectivity index (χ4n) is 3.73. The number of carboxylic acids is 1. The van der Waals surface area contributed by atoms with E-state index in [0.29, 0.717) is 36.2 Å². The van der Waals surface area contributed by atoms with Crippen molar-refractivity contribution >= 4 is 57.9 Å². The number of rotatable bonds is 7. The molecule has 0 spiro atoms. The summed E-state index contributed by atoms with van der Waals surface area (Å²) in [4.78, 5) is 42.1. The van der Waals surface area contributed by atoms with Crippen molar-refractivity contribution in [3.05, 3.63) is 49.6 Å². The number of carbonyl (C=O) groups excluding carboxylic acids is 2. The van der Waals surface area contributed by atoms with E-state index in [1.165, 1.54) is 18.2 Å². The lowest BCUT2D eigenvalue weighted by molar-refractivity contribution is -0.138. The van der Waals surface area contributed by atoms with Gasteiger partial charge in [0, 0.05) is 29.1 Å². The van der Waals surface area contributed by atoms with Gasteiger partial charge >= 0.3 is 5.97 Å². The van der Waals surface area contributed by atoms with Gasteiger partial charge in [-0.1, -0.05) is 42.0 Å². The molecule has 0 bridgehead atoms. The van der Waals surface area contributed by atoms with Crippen molar-refractivity contribution in [2.45, 2.75) is 39.7 Å². The highest BCUT2D eigenvalue weighted by Gasteiger charge is 2.48. The third-order valence-corrected chi connectivity index (χ3v) is 7.18. The molecule has 3 rings (SSSR count). The molecule has 0 radical (unpaired) electrons. The van der Waals surface area contributed by atoms with Crippen molar-refractivity contribution in [3.63, 3.8) is 0 Å². The minimum absolute atomic E-state index is 0.0406. The quantitative estimate of drug-likeness (QED) is 0.270. The van der Waals surface area contributed by atoms with Gasteiger partial charge in [-0.3, -0.25) is 9.59 Å². The summed E-state index contributed by atoms with van der Waals surface area (Å²) in [6.07, 6.45) is 0.0406. The number of benzene rings is 1. The number of carboxylic acid groups (broad SMARTS) is 1. The summed E-state index contributed by atoms with van der Waals surface area (Å²) in [5, 5.41) is 13.4. The average molecular weight is 551 g/mol. The van der Waals surface area contributed by atoms with Gasteiger partial charge in [0.1, 0.15) is 4.88 Å². The van der Waals surface area contributed by atoms with E-state index in [1.807, 2.05) is 20.8 Å². The summed E-state index contributed by atoms with van der Waals surface area (Å²) in [5.74, 6) is 3.85. The number of halogens is 2. The van der Waals surface area contributed by atoms with Crippen LogP contribution < -0.4 is 5.32 Å². The van der Waals surface area contributed by atoms with Crippen molar-refractivity contribution in [1.82, 2.24) is 4.90 Å². The first kappa shape index (κ1) is 28.0. The maximum atomic E-state index is 14.0. The highest BCUT2D eigenvalue weighted by atomic mass is 35.5. The Balaban J connectivity index is 2.15. The molecule has 1 amide bonds. The van der Waals surface area contributed by atoms with Gasteiger partial charge in [0.2, 0.25) is 0 Å². The van der Waals surface area contributed by atoms with E-state index < -0.39 is 23.2 Å². The van der Waals surface area contributed by atoms with E-state index in [1.54, 1.807) is 17.9 Å². The van der Waals surface area contributed by atoms with Crippen LogP contribution in [0.15, 0.2) is 24.3 Å². The third-order valence-electron chi connectivity index (χ3n) is 5.59. The van der Waals surface area contributed by atoms with Gasteiger partial charge in [-0.15, -0.1) is 11.3 Å². The van der Waals surface area contributed by atoms with Gasteiger partial charge in [0.05, 0.1) is 28.8 Å². The molecule has 1 atom stereocenters. The molecule has 1 aliphatic heterocycles. The molecule has 1 aromatic heterocycles. The van der Waals surface area contributed by atoms with Crippen LogP contribution in [0.3, 0.4) is 0 Å². The van der Waals surface area contributed by atoms with Crippen LogP contribution in [0, 0.1) is 17.3 Å². The Morgan fingerprint density at radius 1 is 1.17 bits per heavy atom. The zero-order valence-corrected chi connectivity index (χ0v) is 22.9. The second-order valence-electron chi connectivity index (χ2n) is 9.40. The molecule has 1 fully saturated rings. The first-order valence-electron chi connectivity index (χ1n) is 11.4. The maximum Gasteiger partial charge on any atom is 0.348 e. The fourth-order valence-corrected chi connectivity index (χ4v) is 5.03. The van der Waals surface area contributed by atoms with E-state index in [4.69, 9.17) is 27.9 Å². The number of nitrogens with one attached hydrogen (secondary N) is 1. The highest BCUT2D eigenvalue weighted by Crippen LogP contribution is 2.35. The Bertz CT molecular complexity index is 1240. The Labute approximate surface area is 224 Å². The number of aromatic carboxylic acids is 1. The van der Waals surface area contributed by atoms with E-state index in [2.05, 4.69) is 17.2 Å². The number of anilines is 1. The number of morpholine rings is 1. The van der Waals surface area contributed by atoms with Crippen LogP contribution in [0.1, 0.15) is 59.0 Å². The second kappa shape index (κ2) is 11.2. The van der Waals surface area contributed by atoms with Crippen LogP contribution in [0.4, 0.5) is 5.69 Å². The normalized spacial score (nSPS) is 15.4. The Morgan fingerprint density at radius 3 is 2.39 bits per heavy atom. The van der Waals surface area contributed by atoms with E-state index in [0.717, 1.165) is 11.3 Å². The molecule has 1 aromatic carbocycles. The lowest BCUT2D eigenvalue weighted by Gasteiger charge is -2.38. The number of ether oxygens (including phenoxy) is 1. The molecule has 2 heterocycles. The van der Waals surface area contributed by atoms with Gasteiger partial charge in [0.25, 0.3) is 5.91 Å². The molecule has 7 nitrogen and oxygen atoms in total.